The van der Waals surface area contributed by atoms with E-state index in [-0.39, 0.29) is 25.0 Å². The van der Waals surface area contributed by atoms with Crippen molar-refractivity contribution in [3.05, 3.63) is 58.6 Å². The van der Waals surface area contributed by atoms with Crippen LogP contribution >= 0.6 is 0 Å². The van der Waals surface area contributed by atoms with Crippen LogP contribution in [-0.2, 0) is 35.1 Å². The van der Waals surface area contributed by atoms with Crippen LogP contribution in [0.25, 0.3) is 0 Å². The predicted octanol–water partition coefficient (Wildman–Crippen LogP) is -0.839. The van der Waals surface area contributed by atoms with Crippen molar-refractivity contribution in [3.8, 4) is 0 Å². The van der Waals surface area contributed by atoms with Crippen molar-refractivity contribution in [3.63, 3.8) is 0 Å². The number of rotatable bonds is 11. The number of quaternary nitrogens is 1. The van der Waals surface area contributed by atoms with Crippen molar-refractivity contribution >= 4 is 23.7 Å². The van der Waals surface area contributed by atoms with Crippen LogP contribution in [0.5, 0.6) is 0 Å². The SMILES string of the molecule is Nc1ccn([C@@H]2CO[C@H](COC(=O)CCCCC[NH2+]Cc3ccccc3)O2)c(=O)n1.O=C([O-])C(F)(F)F.O=C([O-])C(F)(F)F. The summed E-state index contributed by atoms with van der Waals surface area (Å²) in [5.74, 6) is -6.14. The van der Waals surface area contributed by atoms with E-state index in [2.05, 4.69) is 22.4 Å². The van der Waals surface area contributed by atoms with E-state index in [0.29, 0.717) is 6.42 Å². The van der Waals surface area contributed by atoms with Gasteiger partial charge in [-0.05, 0) is 25.3 Å². The number of aliphatic carboxylic acids is 2. The number of carbonyl (C=O) groups is 3. The molecule has 1 aliphatic heterocycles. The Morgan fingerprint density at radius 1 is 1.00 bits per heavy atom. The zero-order valence-corrected chi connectivity index (χ0v) is 22.8. The first-order valence-electron chi connectivity index (χ1n) is 12.7. The van der Waals surface area contributed by atoms with Gasteiger partial charge in [0.05, 0.1) is 13.2 Å². The molecule has 4 N–H and O–H groups in total. The van der Waals surface area contributed by atoms with E-state index < -0.39 is 42.5 Å². The van der Waals surface area contributed by atoms with Crippen LogP contribution in [0.3, 0.4) is 0 Å². The van der Waals surface area contributed by atoms with E-state index in [1.165, 1.54) is 22.4 Å². The first-order chi connectivity index (χ1) is 20.5. The highest BCUT2D eigenvalue weighted by atomic mass is 19.4. The Hall–Kier alpha value is -4.23. The van der Waals surface area contributed by atoms with E-state index in [4.69, 9.17) is 39.7 Å². The summed E-state index contributed by atoms with van der Waals surface area (Å²) < 4.78 is 80.7. The summed E-state index contributed by atoms with van der Waals surface area (Å²) in [5, 5.41) is 19.8. The molecule has 1 saturated heterocycles. The summed E-state index contributed by atoms with van der Waals surface area (Å²) in [4.78, 5) is 45.0. The number of carboxylic acids is 2. The van der Waals surface area contributed by atoms with Crippen LogP contribution in [0.4, 0.5) is 32.2 Å². The molecule has 2 aromatic rings. The third-order valence-electron chi connectivity index (χ3n) is 5.25. The van der Waals surface area contributed by atoms with Crippen LogP contribution in [0, 0.1) is 0 Å². The summed E-state index contributed by atoms with van der Waals surface area (Å²) in [6.45, 7) is 2.18. The van der Waals surface area contributed by atoms with Gasteiger partial charge in [0.15, 0.2) is 12.5 Å². The molecule has 1 fully saturated rings. The van der Waals surface area contributed by atoms with E-state index in [1.54, 1.807) is 0 Å². The molecule has 0 radical (unpaired) electrons. The molecular weight excluding hydrogens is 614 g/mol. The number of aromatic nitrogens is 2. The average molecular weight is 644 g/mol. The third-order valence-corrected chi connectivity index (χ3v) is 5.25. The van der Waals surface area contributed by atoms with Gasteiger partial charge >= 0.3 is 24.0 Å². The zero-order valence-electron chi connectivity index (χ0n) is 22.8. The molecule has 246 valence electrons. The number of hydrogen-bond acceptors (Lipinski definition) is 11. The van der Waals surface area contributed by atoms with Crippen LogP contribution in [0.15, 0.2) is 47.4 Å². The summed E-state index contributed by atoms with van der Waals surface area (Å²) in [7, 11) is 0. The maximum atomic E-state index is 11.9. The van der Waals surface area contributed by atoms with Gasteiger partial charge in [-0.25, -0.2) is 4.79 Å². The molecular formula is C25H29F6N4O9-. The summed E-state index contributed by atoms with van der Waals surface area (Å²) >= 11 is 0. The minimum atomic E-state index is -5.19. The molecule has 44 heavy (non-hydrogen) atoms. The number of nitrogen functional groups attached to an aromatic ring is 1. The number of carboxylic acid groups (broad SMARTS) is 2. The van der Waals surface area contributed by atoms with Crippen LogP contribution < -0.4 is 27.0 Å². The van der Waals surface area contributed by atoms with Gasteiger partial charge in [0.1, 0.15) is 30.9 Å². The number of unbranched alkanes of at least 4 members (excludes halogenated alkanes) is 2. The van der Waals surface area contributed by atoms with Gasteiger partial charge in [-0.1, -0.05) is 30.3 Å². The molecule has 2 atom stereocenters. The minimum absolute atomic E-state index is 0.00264. The monoisotopic (exact) mass is 643 g/mol. The molecule has 0 saturated carbocycles. The number of carbonyl (C=O) groups excluding carboxylic acids is 3. The lowest BCUT2D eigenvalue weighted by molar-refractivity contribution is -0.671. The molecule has 0 spiro atoms. The number of benzene rings is 1. The second-order valence-electron chi connectivity index (χ2n) is 8.73. The van der Waals surface area contributed by atoms with Gasteiger partial charge in [0, 0.05) is 18.2 Å². The molecule has 1 aliphatic rings. The van der Waals surface area contributed by atoms with E-state index >= 15 is 0 Å². The van der Waals surface area contributed by atoms with Gasteiger partial charge in [-0.15, -0.1) is 0 Å². The zero-order chi connectivity index (χ0) is 33.3. The number of ether oxygens (including phenoxy) is 3. The Bertz CT molecular complexity index is 1220. The molecule has 1 aromatic heterocycles. The molecule has 0 bridgehead atoms. The minimum Gasteiger partial charge on any atom is -0.542 e. The molecule has 0 unspecified atom stereocenters. The third kappa shape index (κ3) is 15.8. The molecule has 19 heteroatoms. The van der Waals surface area contributed by atoms with Crippen LogP contribution in [-0.4, -0.2) is 65.9 Å². The molecule has 13 nitrogen and oxygen atoms in total. The van der Waals surface area contributed by atoms with Crippen molar-refractivity contribution in [2.45, 2.75) is 57.1 Å². The highest BCUT2D eigenvalue weighted by molar-refractivity contribution is 5.71. The van der Waals surface area contributed by atoms with Gasteiger partial charge in [-0.2, -0.15) is 31.3 Å². The van der Waals surface area contributed by atoms with Gasteiger partial charge in [-0.3, -0.25) is 9.36 Å². The average Bonchev–Trinajstić information content (AvgIpc) is 3.40. The Balaban J connectivity index is 0.000000574. The van der Waals surface area contributed by atoms with Crippen molar-refractivity contribution in [2.75, 3.05) is 25.5 Å². The second-order valence-corrected chi connectivity index (χ2v) is 8.73. The fraction of sp³-hybridized carbons (Fsp3) is 0.480. The Kier molecular flexibility index (Phi) is 15.8. The fourth-order valence-corrected chi connectivity index (χ4v) is 3.17. The molecule has 0 aliphatic carbocycles. The maximum absolute atomic E-state index is 11.9. The fourth-order valence-electron chi connectivity index (χ4n) is 3.17. The highest BCUT2D eigenvalue weighted by Gasteiger charge is 2.30. The summed E-state index contributed by atoms with van der Waals surface area (Å²) in [6.07, 6.45) is -7.00. The summed E-state index contributed by atoms with van der Waals surface area (Å²) in [6, 6.07) is 11.9. The maximum Gasteiger partial charge on any atom is 0.430 e. The molecule has 2 heterocycles. The highest BCUT2D eigenvalue weighted by Crippen LogP contribution is 2.20. The number of nitrogens with zero attached hydrogens (tertiary/aromatic N) is 2. The Morgan fingerprint density at radius 2 is 1.59 bits per heavy atom. The van der Waals surface area contributed by atoms with Crippen molar-refractivity contribution in [1.29, 1.82) is 0 Å². The van der Waals surface area contributed by atoms with Crippen molar-refractivity contribution < 1.29 is 70.5 Å². The lowest BCUT2D eigenvalue weighted by atomic mass is 10.2. The quantitative estimate of drug-likeness (QED) is 0.176. The molecule has 3 rings (SSSR count). The number of esters is 1. The molecule has 1 aromatic carbocycles. The van der Waals surface area contributed by atoms with Crippen molar-refractivity contribution in [1.82, 2.24) is 9.55 Å². The standard InChI is InChI=1S/C21H28N4O5.2C2HF3O2/c22-17-10-12-25(21(27)24-17)18-14-29-20(30-18)15-28-19(26)9-5-2-6-11-23-13-16-7-3-1-4-8-16;2*3-2(4,5)1(6)7/h1,3-4,7-8,10,12,18,20,23H,2,5-6,9,11,13-15H2,(H2,22,24,27);2*(H,6,7)/p-1/t18-,20-;;/m0../s1. The number of hydrogen-bond donors (Lipinski definition) is 2. The van der Waals surface area contributed by atoms with Gasteiger partial charge < -0.3 is 45.1 Å². The van der Waals surface area contributed by atoms with E-state index in [0.717, 1.165) is 32.4 Å². The van der Waals surface area contributed by atoms with Crippen molar-refractivity contribution in [2.24, 2.45) is 0 Å². The predicted molar refractivity (Wildman–Crippen MR) is 131 cm³/mol. The number of alkyl halides is 6. The number of nitrogens with two attached hydrogens (primary N) is 2. The van der Waals surface area contributed by atoms with E-state index in [1.807, 2.05) is 18.2 Å². The lowest BCUT2D eigenvalue weighted by Gasteiger charge is -2.13. The Morgan fingerprint density at radius 3 is 2.14 bits per heavy atom. The van der Waals surface area contributed by atoms with Crippen LogP contribution in [0.1, 0.15) is 37.5 Å². The van der Waals surface area contributed by atoms with Crippen LogP contribution in [0.2, 0.25) is 0 Å². The second kappa shape index (κ2) is 18.4. The summed E-state index contributed by atoms with van der Waals surface area (Å²) in [5.41, 5.74) is 6.28. The number of anilines is 1. The molecule has 0 amide bonds. The smallest absolute Gasteiger partial charge is 0.430 e. The Labute approximate surface area is 245 Å². The largest absolute Gasteiger partial charge is 0.542 e. The first-order valence-corrected chi connectivity index (χ1v) is 12.7. The lowest BCUT2D eigenvalue weighted by Crippen LogP contribution is -2.82. The van der Waals surface area contributed by atoms with Gasteiger partial charge in [0.25, 0.3) is 0 Å². The topological polar surface area (TPSA) is 203 Å². The first kappa shape index (κ1) is 37.8. The van der Waals surface area contributed by atoms with E-state index in [9.17, 15) is 35.9 Å². The normalized spacial score (nSPS) is 16.1. The van der Waals surface area contributed by atoms with Gasteiger partial charge in [0.2, 0.25) is 0 Å². The number of halogens is 6.